The summed E-state index contributed by atoms with van der Waals surface area (Å²) in [5.41, 5.74) is 0.305. The van der Waals surface area contributed by atoms with Crippen LogP contribution in [0.25, 0.3) is 0 Å². The third-order valence-corrected chi connectivity index (χ3v) is 4.02. The summed E-state index contributed by atoms with van der Waals surface area (Å²) in [6.45, 7) is 0. The van der Waals surface area contributed by atoms with Crippen molar-refractivity contribution in [2.75, 3.05) is 0 Å². The number of carboxylic acids is 1. The van der Waals surface area contributed by atoms with Crippen LogP contribution in [0.5, 0.6) is 0 Å². The molecular weight excluding hydrogens is 320 g/mol. The number of rotatable bonds is 7. The summed E-state index contributed by atoms with van der Waals surface area (Å²) >= 11 is 0.802. The lowest BCUT2D eigenvalue weighted by molar-refractivity contribution is -0.387. The Balaban J connectivity index is 2.15. The largest absolute Gasteiger partial charge is 0.480 e. The fourth-order valence-corrected chi connectivity index (χ4v) is 2.79. The molecule has 23 heavy (non-hydrogen) atoms. The number of benzene rings is 2. The van der Waals surface area contributed by atoms with Crippen LogP contribution in [0.3, 0.4) is 0 Å². The Morgan fingerprint density at radius 3 is 2.35 bits per heavy atom. The van der Waals surface area contributed by atoms with Crippen LogP contribution in [0.4, 0.5) is 5.69 Å². The van der Waals surface area contributed by atoms with E-state index in [0.717, 1.165) is 11.9 Å². The number of carboxylic acid groups (broad SMARTS) is 1. The molecule has 0 aliphatic carbocycles. The minimum atomic E-state index is -1.32. The molecule has 2 unspecified atom stereocenters. The number of hydrogen-bond acceptors (Lipinski definition) is 6. The average Bonchev–Trinajstić information content (AvgIpc) is 2.55. The fourth-order valence-electron chi connectivity index (χ4n) is 1.91. The van der Waals surface area contributed by atoms with E-state index in [2.05, 4.69) is 4.72 Å². The maximum Gasteiger partial charge on any atom is 0.324 e. The molecule has 0 aromatic heterocycles. The normalized spacial score (nSPS) is 13.3. The first-order valence-electron chi connectivity index (χ1n) is 6.62. The number of nitro benzene ring substituents is 1. The highest BCUT2D eigenvalue weighted by molar-refractivity contribution is 7.97. The molecule has 0 amide bonds. The number of aliphatic hydroxyl groups is 1. The van der Waals surface area contributed by atoms with Crippen molar-refractivity contribution in [3.8, 4) is 0 Å². The second-order valence-electron chi connectivity index (χ2n) is 4.62. The number of para-hydroxylation sites is 1. The van der Waals surface area contributed by atoms with Gasteiger partial charge in [0.05, 0.1) is 4.92 Å². The molecule has 120 valence electrons. The van der Waals surface area contributed by atoms with Gasteiger partial charge in [0.2, 0.25) is 0 Å². The molecule has 2 aromatic rings. The van der Waals surface area contributed by atoms with Crippen molar-refractivity contribution < 1.29 is 19.9 Å². The van der Waals surface area contributed by atoms with E-state index in [-0.39, 0.29) is 10.6 Å². The Morgan fingerprint density at radius 1 is 1.13 bits per heavy atom. The first-order valence-corrected chi connectivity index (χ1v) is 7.44. The van der Waals surface area contributed by atoms with Crippen LogP contribution in [0, 0.1) is 10.1 Å². The molecule has 0 saturated heterocycles. The number of aliphatic hydroxyl groups excluding tert-OH is 1. The Morgan fingerprint density at radius 2 is 1.74 bits per heavy atom. The summed E-state index contributed by atoms with van der Waals surface area (Å²) in [4.78, 5) is 22.1. The van der Waals surface area contributed by atoms with E-state index in [0.29, 0.717) is 5.56 Å². The third kappa shape index (κ3) is 4.28. The topological polar surface area (TPSA) is 113 Å². The average molecular weight is 334 g/mol. The molecule has 7 nitrogen and oxygen atoms in total. The van der Waals surface area contributed by atoms with Crippen LogP contribution in [0.2, 0.25) is 0 Å². The van der Waals surface area contributed by atoms with E-state index in [1.807, 2.05) is 0 Å². The molecule has 2 aromatic carbocycles. The molecule has 0 aliphatic heterocycles. The number of carbonyl (C=O) groups is 1. The molecule has 0 bridgehead atoms. The molecule has 0 aliphatic rings. The van der Waals surface area contributed by atoms with E-state index < -0.39 is 23.0 Å². The molecule has 8 heteroatoms. The van der Waals surface area contributed by atoms with Crippen LogP contribution in [0.1, 0.15) is 11.7 Å². The number of nitrogens with one attached hydrogen (secondary N) is 1. The van der Waals surface area contributed by atoms with Gasteiger partial charge in [0.25, 0.3) is 5.69 Å². The second-order valence-corrected chi connectivity index (χ2v) is 5.50. The van der Waals surface area contributed by atoms with Gasteiger partial charge in [0.15, 0.2) is 0 Å². The van der Waals surface area contributed by atoms with Crippen molar-refractivity contribution in [2.24, 2.45) is 0 Å². The second kappa shape index (κ2) is 7.73. The van der Waals surface area contributed by atoms with Gasteiger partial charge < -0.3 is 10.2 Å². The zero-order chi connectivity index (χ0) is 16.8. The van der Waals surface area contributed by atoms with Gasteiger partial charge >= 0.3 is 5.97 Å². The van der Waals surface area contributed by atoms with Gasteiger partial charge in [-0.1, -0.05) is 42.5 Å². The van der Waals surface area contributed by atoms with E-state index in [9.17, 15) is 25.1 Å². The van der Waals surface area contributed by atoms with Crippen molar-refractivity contribution in [3.63, 3.8) is 0 Å². The molecule has 0 radical (unpaired) electrons. The number of nitrogens with zero attached hydrogens (tertiary/aromatic N) is 1. The van der Waals surface area contributed by atoms with Crippen LogP contribution in [-0.4, -0.2) is 27.1 Å². The highest BCUT2D eigenvalue weighted by Gasteiger charge is 2.28. The molecule has 3 N–H and O–H groups in total. The zero-order valence-electron chi connectivity index (χ0n) is 11.8. The highest BCUT2D eigenvalue weighted by atomic mass is 32.2. The van der Waals surface area contributed by atoms with Crippen LogP contribution in [-0.2, 0) is 4.79 Å². The molecule has 2 atom stereocenters. The lowest BCUT2D eigenvalue weighted by Crippen LogP contribution is -2.38. The highest BCUT2D eigenvalue weighted by Crippen LogP contribution is 2.28. The first kappa shape index (κ1) is 16.9. The predicted octanol–water partition coefficient (Wildman–Crippen LogP) is 2.38. The number of hydrogen-bond donors (Lipinski definition) is 3. The SMILES string of the molecule is O=C(O)C(NSc1ccccc1[N+](=O)[O-])C(O)c1ccccc1. The van der Waals surface area contributed by atoms with Crippen LogP contribution >= 0.6 is 11.9 Å². The van der Waals surface area contributed by atoms with Gasteiger partial charge in [-0.15, -0.1) is 0 Å². The van der Waals surface area contributed by atoms with Gasteiger partial charge in [0.1, 0.15) is 17.0 Å². The minimum Gasteiger partial charge on any atom is -0.480 e. The van der Waals surface area contributed by atoms with Crippen molar-refractivity contribution in [3.05, 3.63) is 70.3 Å². The number of nitro groups is 1. The minimum absolute atomic E-state index is 0.136. The summed E-state index contributed by atoms with van der Waals surface area (Å²) in [7, 11) is 0. The van der Waals surface area contributed by atoms with E-state index in [1.54, 1.807) is 36.4 Å². The monoisotopic (exact) mass is 334 g/mol. The molecule has 2 rings (SSSR count). The summed E-state index contributed by atoms with van der Waals surface area (Å²) < 4.78 is 2.59. The van der Waals surface area contributed by atoms with Crippen LogP contribution in [0.15, 0.2) is 59.5 Å². The summed E-state index contributed by atoms with van der Waals surface area (Å²) in [5.74, 6) is -1.26. The summed E-state index contributed by atoms with van der Waals surface area (Å²) in [6, 6.07) is 13.0. The molecular formula is C15H14N2O5S. The quantitative estimate of drug-likeness (QED) is 0.405. The van der Waals surface area contributed by atoms with Crippen LogP contribution < -0.4 is 4.72 Å². The maximum atomic E-state index is 11.4. The van der Waals surface area contributed by atoms with Crippen molar-refractivity contribution >= 4 is 23.6 Å². The molecule has 0 fully saturated rings. The standard InChI is InChI=1S/C15H14N2O5S/c18-14(10-6-2-1-3-7-10)13(15(19)20)16-23-12-9-5-4-8-11(12)17(21)22/h1-9,13-14,16,18H,(H,19,20). The summed E-state index contributed by atoms with van der Waals surface area (Å²) in [6.07, 6.45) is -1.29. The fraction of sp³-hybridized carbons (Fsp3) is 0.133. The Hall–Kier alpha value is -2.42. The Kier molecular flexibility index (Phi) is 5.69. The Bertz CT molecular complexity index is 695. The van der Waals surface area contributed by atoms with E-state index in [1.165, 1.54) is 18.2 Å². The summed E-state index contributed by atoms with van der Waals surface area (Å²) in [5, 5.41) is 30.5. The molecule has 0 heterocycles. The molecule has 0 saturated carbocycles. The van der Waals surface area contributed by atoms with Gasteiger partial charge in [-0.2, -0.15) is 0 Å². The van der Waals surface area contributed by atoms with Crippen molar-refractivity contribution in [1.82, 2.24) is 4.72 Å². The van der Waals surface area contributed by atoms with E-state index >= 15 is 0 Å². The lowest BCUT2D eigenvalue weighted by Gasteiger charge is -2.20. The van der Waals surface area contributed by atoms with Gasteiger partial charge in [-0.05, 0) is 23.6 Å². The van der Waals surface area contributed by atoms with Gasteiger partial charge in [-0.3, -0.25) is 14.9 Å². The van der Waals surface area contributed by atoms with Gasteiger partial charge in [-0.25, -0.2) is 4.72 Å². The maximum absolute atomic E-state index is 11.4. The van der Waals surface area contributed by atoms with Crippen molar-refractivity contribution in [1.29, 1.82) is 0 Å². The predicted molar refractivity (Wildman–Crippen MR) is 84.9 cm³/mol. The number of aliphatic carboxylic acids is 1. The third-order valence-electron chi connectivity index (χ3n) is 3.08. The van der Waals surface area contributed by atoms with E-state index in [4.69, 9.17) is 0 Å². The zero-order valence-corrected chi connectivity index (χ0v) is 12.6. The van der Waals surface area contributed by atoms with Crippen molar-refractivity contribution in [2.45, 2.75) is 17.0 Å². The molecule has 0 spiro atoms. The van der Waals surface area contributed by atoms with Gasteiger partial charge in [0, 0.05) is 6.07 Å². The Labute approximate surface area is 136 Å². The first-order chi connectivity index (χ1) is 11.0. The lowest BCUT2D eigenvalue weighted by atomic mass is 10.0. The smallest absolute Gasteiger partial charge is 0.324 e.